The van der Waals surface area contributed by atoms with E-state index >= 15 is 0 Å². The van der Waals surface area contributed by atoms with Crippen LogP contribution in [0.25, 0.3) is 11.1 Å². The Morgan fingerprint density at radius 1 is 1.05 bits per heavy atom. The molecule has 0 radical (unpaired) electrons. The molecule has 3 aliphatic heterocycles. The molecule has 1 amide bonds. The standard InChI is InChI=1S/C30H38F3N5O4/c1-19-3-4-23(38-10-7-21(18-30(31,32)33)28(38)42-29(40)27(34)39)17-24(19)22-15-25(20-5-8-36(2)9-6-20)35-26(16-22)37-11-13-41-14-12-37/h3-4,15-17,20-21,28H,5-14,18H2,1-2H3,(H2,34,39)/t21-,28?/m0/s1. The van der Waals surface area contributed by atoms with Crippen molar-refractivity contribution in [3.63, 3.8) is 0 Å². The summed E-state index contributed by atoms with van der Waals surface area (Å²) in [6, 6.07) is 9.85. The molecule has 2 aromatic rings. The van der Waals surface area contributed by atoms with Crippen molar-refractivity contribution >= 4 is 23.4 Å². The lowest BCUT2D eigenvalue weighted by Crippen LogP contribution is -2.41. The number of nitrogens with zero attached hydrogens (tertiary/aromatic N) is 4. The smallest absolute Gasteiger partial charge is 0.398 e. The van der Waals surface area contributed by atoms with Crippen molar-refractivity contribution in [2.24, 2.45) is 11.7 Å². The van der Waals surface area contributed by atoms with Crippen molar-refractivity contribution < 1.29 is 32.2 Å². The Balaban J connectivity index is 1.51. The van der Waals surface area contributed by atoms with Crippen molar-refractivity contribution in [2.45, 2.75) is 50.9 Å². The minimum absolute atomic E-state index is 0.149. The van der Waals surface area contributed by atoms with Gasteiger partial charge in [0.1, 0.15) is 5.82 Å². The molecular weight excluding hydrogens is 551 g/mol. The first-order valence-electron chi connectivity index (χ1n) is 14.5. The van der Waals surface area contributed by atoms with Crippen LogP contribution in [0.2, 0.25) is 0 Å². The number of benzene rings is 1. The van der Waals surface area contributed by atoms with E-state index in [0.717, 1.165) is 67.2 Å². The van der Waals surface area contributed by atoms with Crippen LogP contribution in [0.1, 0.15) is 42.9 Å². The Labute approximate surface area is 243 Å². The van der Waals surface area contributed by atoms with Gasteiger partial charge < -0.3 is 29.9 Å². The molecule has 3 saturated heterocycles. The fraction of sp³-hybridized carbons (Fsp3) is 0.567. The van der Waals surface area contributed by atoms with E-state index in [-0.39, 0.29) is 13.0 Å². The number of nitrogens with two attached hydrogens (primary N) is 1. The van der Waals surface area contributed by atoms with Crippen LogP contribution in [0.5, 0.6) is 0 Å². The lowest BCUT2D eigenvalue weighted by Gasteiger charge is -2.32. The molecule has 1 aromatic carbocycles. The Morgan fingerprint density at radius 3 is 2.43 bits per heavy atom. The van der Waals surface area contributed by atoms with E-state index in [2.05, 4.69) is 29.0 Å². The number of anilines is 2. The maximum Gasteiger partial charge on any atom is 0.398 e. The topological polar surface area (TPSA) is 101 Å². The fourth-order valence-corrected chi connectivity index (χ4v) is 6.19. The fourth-order valence-electron chi connectivity index (χ4n) is 6.19. The molecule has 5 rings (SSSR count). The number of pyridine rings is 1. The first-order chi connectivity index (χ1) is 20.0. The summed E-state index contributed by atoms with van der Waals surface area (Å²) in [6.07, 6.45) is -4.68. The predicted molar refractivity (Wildman–Crippen MR) is 152 cm³/mol. The van der Waals surface area contributed by atoms with Crippen molar-refractivity contribution in [2.75, 3.05) is 62.8 Å². The number of hydrogen-bond donors (Lipinski definition) is 1. The second-order valence-electron chi connectivity index (χ2n) is 11.5. The molecule has 0 bridgehead atoms. The zero-order valence-corrected chi connectivity index (χ0v) is 24.0. The third kappa shape index (κ3) is 6.97. The number of hydrogen-bond acceptors (Lipinski definition) is 8. The van der Waals surface area contributed by atoms with Crippen LogP contribution in [0.3, 0.4) is 0 Å². The zero-order chi connectivity index (χ0) is 30.0. The number of ether oxygens (including phenoxy) is 2. The van der Waals surface area contributed by atoms with E-state index in [1.54, 1.807) is 4.90 Å². The summed E-state index contributed by atoms with van der Waals surface area (Å²) < 4.78 is 51.0. The lowest BCUT2D eigenvalue weighted by molar-refractivity contribution is -0.167. The molecule has 0 aliphatic carbocycles. The molecule has 3 fully saturated rings. The number of rotatable bonds is 6. The highest BCUT2D eigenvalue weighted by atomic mass is 19.4. The number of carbonyl (C=O) groups excluding carboxylic acids is 2. The van der Waals surface area contributed by atoms with Gasteiger partial charge in [0.2, 0.25) is 0 Å². The van der Waals surface area contributed by atoms with Crippen LogP contribution in [-0.4, -0.2) is 87.1 Å². The number of likely N-dealkylation sites (tertiary alicyclic amines) is 1. The highest BCUT2D eigenvalue weighted by Gasteiger charge is 2.44. The van der Waals surface area contributed by atoms with Gasteiger partial charge in [-0.1, -0.05) is 6.07 Å². The molecule has 12 heteroatoms. The van der Waals surface area contributed by atoms with Gasteiger partial charge in [-0.25, -0.2) is 9.78 Å². The van der Waals surface area contributed by atoms with E-state index < -0.39 is 36.6 Å². The number of esters is 1. The molecule has 2 N–H and O–H groups in total. The average Bonchev–Trinajstić information content (AvgIpc) is 3.34. The van der Waals surface area contributed by atoms with Gasteiger partial charge in [-0.3, -0.25) is 4.79 Å². The van der Waals surface area contributed by atoms with E-state index in [0.29, 0.717) is 24.8 Å². The van der Waals surface area contributed by atoms with E-state index in [4.69, 9.17) is 20.2 Å². The molecular formula is C30H38F3N5O4. The minimum atomic E-state index is -4.45. The Hall–Kier alpha value is -3.38. The van der Waals surface area contributed by atoms with Crippen LogP contribution in [-0.2, 0) is 19.1 Å². The number of halogens is 3. The molecule has 9 nitrogen and oxygen atoms in total. The average molecular weight is 590 g/mol. The molecule has 1 aromatic heterocycles. The molecule has 1 unspecified atom stereocenters. The highest BCUT2D eigenvalue weighted by molar-refractivity contribution is 6.31. The van der Waals surface area contributed by atoms with Crippen LogP contribution in [0.15, 0.2) is 30.3 Å². The molecule has 228 valence electrons. The van der Waals surface area contributed by atoms with Crippen LogP contribution in [0, 0.1) is 12.8 Å². The number of morpholine rings is 1. The van der Waals surface area contributed by atoms with Gasteiger partial charge in [-0.15, -0.1) is 0 Å². The Bertz CT molecular complexity index is 1290. The van der Waals surface area contributed by atoms with Crippen molar-refractivity contribution in [3.05, 3.63) is 41.6 Å². The van der Waals surface area contributed by atoms with Gasteiger partial charge in [-0.2, -0.15) is 13.2 Å². The van der Waals surface area contributed by atoms with Crippen LogP contribution in [0.4, 0.5) is 24.7 Å². The first kappa shape index (κ1) is 30.1. The van der Waals surface area contributed by atoms with Gasteiger partial charge >= 0.3 is 18.1 Å². The summed E-state index contributed by atoms with van der Waals surface area (Å²) in [7, 11) is 2.12. The highest BCUT2D eigenvalue weighted by Crippen LogP contribution is 2.40. The summed E-state index contributed by atoms with van der Waals surface area (Å²) in [5, 5.41) is 0. The van der Waals surface area contributed by atoms with Gasteiger partial charge in [0, 0.05) is 42.9 Å². The van der Waals surface area contributed by atoms with E-state index in [1.165, 1.54) is 0 Å². The Kier molecular flexibility index (Phi) is 8.93. The van der Waals surface area contributed by atoms with Gasteiger partial charge in [0.15, 0.2) is 6.23 Å². The Morgan fingerprint density at radius 2 is 1.76 bits per heavy atom. The summed E-state index contributed by atoms with van der Waals surface area (Å²) in [5.41, 5.74) is 9.59. The largest absolute Gasteiger partial charge is 0.434 e. The number of primary amides is 1. The summed E-state index contributed by atoms with van der Waals surface area (Å²) in [5.74, 6) is -2.51. The predicted octanol–water partition coefficient (Wildman–Crippen LogP) is 3.84. The summed E-state index contributed by atoms with van der Waals surface area (Å²) >= 11 is 0. The van der Waals surface area contributed by atoms with Crippen LogP contribution >= 0.6 is 0 Å². The first-order valence-corrected chi connectivity index (χ1v) is 14.5. The third-order valence-electron chi connectivity index (χ3n) is 8.54. The second kappa shape index (κ2) is 12.5. The number of aromatic nitrogens is 1. The number of amides is 1. The van der Waals surface area contributed by atoms with E-state index in [1.807, 2.05) is 25.1 Å². The van der Waals surface area contributed by atoms with Gasteiger partial charge in [0.05, 0.1) is 19.6 Å². The van der Waals surface area contributed by atoms with Crippen molar-refractivity contribution in [3.8, 4) is 11.1 Å². The quantitative estimate of drug-likeness (QED) is 0.401. The summed E-state index contributed by atoms with van der Waals surface area (Å²) in [6.45, 7) is 6.95. The molecule has 2 atom stereocenters. The number of aryl methyl sites for hydroxylation is 1. The maximum atomic E-state index is 13.4. The molecule has 0 spiro atoms. The minimum Gasteiger partial charge on any atom is -0.434 e. The molecule has 0 saturated carbocycles. The molecule has 3 aliphatic rings. The number of piperidine rings is 1. The normalized spacial score (nSPS) is 22.4. The van der Waals surface area contributed by atoms with Gasteiger partial charge in [0.25, 0.3) is 0 Å². The third-order valence-corrected chi connectivity index (χ3v) is 8.54. The monoisotopic (exact) mass is 589 g/mol. The van der Waals surface area contributed by atoms with E-state index in [9.17, 15) is 22.8 Å². The van der Waals surface area contributed by atoms with Gasteiger partial charge in [-0.05, 0) is 87.3 Å². The SMILES string of the molecule is Cc1ccc(N2CC[C@@H](CC(F)(F)F)C2OC(=O)C(N)=O)cc1-c1cc(C2CCN(C)CC2)nc(N2CCOCC2)c1. The molecule has 42 heavy (non-hydrogen) atoms. The second-order valence-corrected chi connectivity index (χ2v) is 11.5. The lowest BCUT2D eigenvalue weighted by atomic mass is 9.90. The zero-order valence-electron chi connectivity index (χ0n) is 24.0. The van der Waals surface area contributed by atoms with Crippen molar-refractivity contribution in [1.29, 1.82) is 0 Å². The van der Waals surface area contributed by atoms with Crippen LogP contribution < -0.4 is 15.5 Å². The number of carbonyl (C=O) groups is 2. The number of alkyl halides is 3. The maximum absolute atomic E-state index is 13.4. The summed E-state index contributed by atoms with van der Waals surface area (Å²) in [4.78, 5) is 34.8. The molecule has 4 heterocycles. The van der Waals surface area contributed by atoms with Crippen molar-refractivity contribution in [1.82, 2.24) is 9.88 Å².